The molecule has 0 saturated carbocycles. The van der Waals surface area contributed by atoms with Crippen LogP contribution in [-0.4, -0.2) is 11.6 Å². The minimum atomic E-state index is -2.78. The van der Waals surface area contributed by atoms with E-state index in [4.69, 9.17) is 0 Å². The number of alkyl halides is 2. The molecular formula is C9H11F2NO. The predicted octanol–water partition coefficient (Wildman–Crippen LogP) is 2.81. The Morgan fingerprint density at radius 1 is 1.38 bits per heavy atom. The van der Waals surface area contributed by atoms with Crippen molar-refractivity contribution in [2.45, 2.75) is 26.4 Å². The second kappa shape index (κ2) is 4.16. The number of pyridine rings is 1. The molecule has 0 amide bonds. The largest absolute Gasteiger partial charge is 0.434 e. The molecule has 0 unspecified atom stereocenters. The number of ether oxygens (including phenoxy) is 1. The Labute approximate surface area is 75.6 Å². The van der Waals surface area contributed by atoms with Crippen LogP contribution in [0.5, 0.6) is 5.75 Å². The van der Waals surface area contributed by atoms with Crippen LogP contribution in [0.15, 0.2) is 18.5 Å². The van der Waals surface area contributed by atoms with E-state index in [2.05, 4.69) is 9.72 Å². The van der Waals surface area contributed by atoms with Gasteiger partial charge in [0.15, 0.2) is 0 Å². The van der Waals surface area contributed by atoms with Crippen LogP contribution in [0.1, 0.15) is 25.3 Å². The highest BCUT2D eigenvalue weighted by molar-refractivity contribution is 5.32. The quantitative estimate of drug-likeness (QED) is 0.725. The van der Waals surface area contributed by atoms with Gasteiger partial charge < -0.3 is 4.74 Å². The summed E-state index contributed by atoms with van der Waals surface area (Å²) in [6.45, 7) is 1.02. The van der Waals surface area contributed by atoms with Gasteiger partial charge in [0.1, 0.15) is 5.75 Å². The van der Waals surface area contributed by atoms with Gasteiger partial charge in [-0.05, 0) is 12.0 Å². The predicted molar refractivity (Wildman–Crippen MR) is 45.0 cm³/mol. The Morgan fingerprint density at radius 3 is 2.62 bits per heavy atom. The molecule has 0 aliphatic heterocycles. The van der Waals surface area contributed by atoms with Gasteiger partial charge in [-0.15, -0.1) is 0 Å². The number of hydrogen-bond donors (Lipinski definition) is 0. The number of hydrogen-bond acceptors (Lipinski definition) is 2. The molecule has 1 heterocycles. The monoisotopic (exact) mass is 187 g/mol. The van der Waals surface area contributed by atoms with Crippen molar-refractivity contribution in [1.29, 1.82) is 0 Å². The number of aromatic nitrogens is 1. The molecule has 1 aromatic heterocycles. The summed E-state index contributed by atoms with van der Waals surface area (Å²) in [5.74, 6) is 0.336. The fourth-order valence-electron chi connectivity index (χ4n) is 1.03. The Balaban J connectivity index is 2.91. The maximum atomic E-state index is 11.9. The van der Waals surface area contributed by atoms with E-state index in [-0.39, 0.29) is 11.7 Å². The van der Waals surface area contributed by atoms with Gasteiger partial charge in [-0.1, -0.05) is 13.8 Å². The number of halogens is 2. The molecule has 1 aromatic rings. The minimum Gasteiger partial charge on any atom is -0.434 e. The topological polar surface area (TPSA) is 22.1 Å². The molecule has 0 bridgehead atoms. The molecule has 0 fully saturated rings. The summed E-state index contributed by atoms with van der Waals surface area (Å²) < 4.78 is 28.2. The normalized spacial score (nSPS) is 10.9. The third-order valence-electron chi connectivity index (χ3n) is 1.65. The fraction of sp³-hybridized carbons (Fsp3) is 0.444. The Hall–Kier alpha value is -1.19. The summed E-state index contributed by atoms with van der Waals surface area (Å²) in [7, 11) is 0. The molecule has 1 rings (SSSR count). The Morgan fingerprint density at radius 2 is 2.08 bits per heavy atom. The zero-order valence-corrected chi connectivity index (χ0v) is 7.50. The van der Waals surface area contributed by atoms with Crippen LogP contribution in [0.4, 0.5) is 8.78 Å². The lowest BCUT2D eigenvalue weighted by molar-refractivity contribution is -0.0506. The lowest BCUT2D eigenvalue weighted by atomic mass is 10.1. The summed E-state index contributed by atoms with van der Waals surface area (Å²) in [6, 6.07) is 1.45. The van der Waals surface area contributed by atoms with Crippen molar-refractivity contribution >= 4 is 0 Å². The van der Waals surface area contributed by atoms with Crippen molar-refractivity contribution in [2.24, 2.45) is 0 Å². The second-order valence-electron chi connectivity index (χ2n) is 2.95. The molecule has 0 aromatic carbocycles. The Bertz CT molecular complexity index is 276. The van der Waals surface area contributed by atoms with E-state index in [1.54, 1.807) is 6.20 Å². The van der Waals surface area contributed by atoms with Crippen molar-refractivity contribution in [1.82, 2.24) is 4.98 Å². The molecule has 4 heteroatoms. The van der Waals surface area contributed by atoms with Gasteiger partial charge >= 0.3 is 6.61 Å². The lowest BCUT2D eigenvalue weighted by Crippen LogP contribution is -2.05. The molecule has 0 atom stereocenters. The summed E-state index contributed by atoms with van der Waals surface area (Å²) in [4.78, 5) is 3.85. The zero-order chi connectivity index (χ0) is 9.84. The minimum absolute atomic E-state index is 0.127. The third-order valence-corrected chi connectivity index (χ3v) is 1.65. The summed E-state index contributed by atoms with van der Waals surface area (Å²) in [5, 5.41) is 0. The van der Waals surface area contributed by atoms with Crippen LogP contribution in [-0.2, 0) is 0 Å². The average Bonchev–Trinajstić information content (AvgIpc) is 2.03. The second-order valence-corrected chi connectivity index (χ2v) is 2.95. The summed E-state index contributed by atoms with van der Waals surface area (Å²) >= 11 is 0. The van der Waals surface area contributed by atoms with Crippen LogP contribution in [0.3, 0.4) is 0 Å². The molecule has 13 heavy (non-hydrogen) atoms. The first-order valence-corrected chi connectivity index (χ1v) is 4.00. The van der Waals surface area contributed by atoms with E-state index < -0.39 is 6.61 Å². The van der Waals surface area contributed by atoms with Gasteiger partial charge in [0.2, 0.25) is 0 Å². The highest BCUT2D eigenvalue weighted by Crippen LogP contribution is 2.25. The molecule has 0 radical (unpaired) electrons. The highest BCUT2D eigenvalue weighted by Gasteiger charge is 2.11. The SMILES string of the molecule is CC(C)c1cnccc1OC(F)F. The molecule has 2 nitrogen and oxygen atoms in total. The highest BCUT2D eigenvalue weighted by atomic mass is 19.3. The first-order valence-electron chi connectivity index (χ1n) is 4.00. The van der Waals surface area contributed by atoms with Gasteiger partial charge in [-0.2, -0.15) is 8.78 Å². The van der Waals surface area contributed by atoms with E-state index in [0.29, 0.717) is 5.56 Å². The van der Waals surface area contributed by atoms with E-state index in [0.717, 1.165) is 0 Å². The summed E-state index contributed by atoms with van der Waals surface area (Å²) in [6.07, 6.45) is 2.98. The maximum Gasteiger partial charge on any atom is 0.387 e. The van der Waals surface area contributed by atoms with Crippen molar-refractivity contribution < 1.29 is 13.5 Å². The Kier molecular flexibility index (Phi) is 3.17. The average molecular weight is 187 g/mol. The van der Waals surface area contributed by atoms with Gasteiger partial charge in [0, 0.05) is 18.0 Å². The third kappa shape index (κ3) is 2.65. The van der Waals surface area contributed by atoms with Gasteiger partial charge in [-0.25, -0.2) is 0 Å². The van der Waals surface area contributed by atoms with Crippen molar-refractivity contribution in [2.75, 3.05) is 0 Å². The first-order chi connectivity index (χ1) is 6.11. The lowest BCUT2D eigenvalue weighted by Gasteiger charge is -2.11. The fourth-order valence-corrected chi connectivity index (χ4v) is 1.03. The van der Waals surface area contributed by atoms with Crippen molar-refractivity contribution in [3.63, 3.8) is 0 Å². The summed E-state index contributed by atoms with van der Waals surface area (Å²) in [5.41, 5.74) is 0.697. The van der Waals surface area contributed by atoms with E-state index in [1.165, 1.54) is 12.3 Å². The van der Waals surface area contributed by atoms with E-state index >= 15 is 0 Å². The van der Waals surface area contributed by atoms with Crippen LogP contribution >= 0.6 is 0 Å². The van der Waals surface area contributed by atoms with Crippen LogP contribution in [0.25, 0.3) is 0 Å². The molecule has 0 spiro atoms. The van der Waals surface area contributed by atoms with Crippen molar-refractivity contribution in [3.05, 3.63) is 24.0 Å². The van der Waals surface area contributed by atoms with Crippen LogP contribution in [0, 0.1) is 0 Å². The van der Waals surface area contributed by atoms with E-state index in [9.17, 15) is 8.78 Å². The smallest absolute Gasteiger partial charge is 0.387 e. The standard InChI is InChI=1S/C9H11F2NO/c1-6(2)7-5-12-4-3-8(7)13-9(10)11/h3-6,9H,1-2H3. The number of rotatable bonds is 3. The molecule has 72 valence electrons. The molecule has 0 aliphatic carbocycles. The molecular weight excluding hydrogens is 176 g/mol. The van der Waals surface area contributed by atoms with Gasteiger partial charge in [0.25, 0.3) is 0 Å². The maximum absolute atomic E-state index is 11.9. The zero-order valence-electron chi connectivity index (χ0n) is 7.50. The van der Waals surface area contributed by atoms with Gasteiger partial charge in [-0.3, -0.25) is 4.98 Å². The molecule has 0 saturated heterocycles. The number of nitrogens with zero attached hydrogens (tertiary/aromatic N) is 1. The van der Waals surface area contributed by atoms with Gasteiger partial charge in [0.05, 0.1) is 0 Å². The molecule has 0 aliphatic rings. The first kappa shape index (κ1) is 9.89. The molecule has 0 N–H and O–H groups in total. The van der Waals surface area contributed by atoms with E-state index in [1.807, 2.05) is 13.8 Å². The van der Waals surface area contributed by atoms with Crippen LogP contribution in [0.2, 0.25) is 0 Å². The van der Waals surface area contributed by atoms with Crippen LogP contribution < -0.4 is 4.74 Å². The van der Waals surface area contributed by atoms with Crippen molar-refractivity contribution in [3.8, 4) is 5.75 Å².